The minimum Gasteiger partial charge on any atom is -0.355 e. The van der Waals surface area contributed by atoms with Gasteiger partial charge in [-0.15, -0.1) is 0 Å². The van der Waals surface area contributed by atoms with E-state index in [9.17, 15) is 0 Å². The standard InChI is InChI=1S/C13H24N4/c1-5-12(6-2)17(4)13-10-15-11(9-16-13)8-14-7-3/h9-10,12,14H,5-8H2,1-4H3. The molecule has 0 bridgehead atoms. The van der Waals surface area contributed by atoms with Crippen LogP contribution in [0.4, 0.5) is 5.82 Å². The van der Waals surface area contributed by atoms with E-state index in [2.05, 4.69) is 48.0 Å². The zero-order chi connectivity index (χ0) is 12.7. The van der Waals surface area contributed by atoms with Crippen molar-refractivity contribution in [3.8, 4) is 0 Å². The van der Waals surface area contributed by atoms with Gasteiger partial charge in [0.25, 0.3) is 0 Å². The van der Waals surface area contributed by atoms with Crippen molar-refractivity contribution >= 4 is 5.82 Å². The third-order valence-electron chi connectivity index (χ3n) is 3.10. The van der Waals surface area contributed by atoms with E-state index in [1.807, 2.05) is 12.4 Å². The fraction of sp³-hybridized carbons (Fsp3) is 0.692. The molecule has 0 aliphatic heterocycles. The summed E-state index contributed by atoms with van der Waals surface area (Å²) in [5.74, 6) is 0.957. The van der Waals surface area contributed by atoms with Crippen molar-refractivity contribution < 1.29 is 0 Å². The highest BCUT2D eigenvalue weighted by Gasteiger charge is 2.12. The highest BCUT2D eigenvalue weighted by Crippen LogP contribution is 2.14. The number of hydrogen-bond donors (Lipinski definition) is 1. The van der Waals surface area contributed by atoms with E-state index in [0.29, 0.717) is 6.04 Å². The maximum Gasteiger partial charge on any atom is 0.147 e. The molecule has 0 atom stereocenters. The molecule has 0 spiro atoms. The Labute approximate surface area is 104 Å². The maximum atomic E-state index is 4.47. The van der Waals surface area contributed by atoms with E-state index in [4.69, 9.17) is 0 Å². The Morgan fingerprint density at radius 1 is 1.18 bits per heavy atom. The fourth-order valence-electron chi connectivity index (χ4n) is 1.90. The molecule has 1 N–H and O–H groups in total. The first kappa shape index (κ1) is 13.9. The second-order valence-corrected chi connectivity index (χ2v) is 4.23. The predicted molar refractivity (Wildman–Crippen MR) is 72.2 cm³/mol. The molecule has 96 valence electrons. The van der Waals surface area contributed by atoms with Crippen molar-refractivity contribution in [1.29, 1.82) is 0 Å². The fourth-order valence-corrected chi connectivity index (χ4v) is 1.90. The normalized spacial score (nSPS) is 10.9. The van der Waals surface area contributed by atoms with Gasteiger partial charge < -0.3 is 10.2 Å². The molecule has 0 aliphatic carbocycles. The zero-order valence-electron chi connectivity index (χ0n) is 11.4. The van der Waals surface area contributed by atoms with Crippen LogP contribution >= 0.6 is 0 Å². The van der Waals surface area contributed by atoms with Crippen LogP contribution in [0, 0.1) is 0 Å². The van der Waals surface area contributed by atoms with E-state index < -0.39 is 0 Å². The molecule has 1 aromatic heterocycles. The maximum absolute atomic E-state index is 4.47. The summed E-state index contributed by atoms with van der Waals surface area (Å²) in [5.41, 5.74) is 0.994. The lowest BCUT2D eigenvalue weighted by atomic mass is 10.1. The highest BCUT2D eigenvalue weighted by atomic mass is 15.2. The number of anilines is 1. The number of hydrogen-bond acceptors (Lipinski definition) is 4. The van der Waals surface area contributed by atoms with Gasteiger partial charge >= 0.3 is 0 Å². The monoisotopic (exact) mass is 236 g/mol. The number of rotatable bonds is 7. The summed E-state index contributed by atoms with van der Waals surface area (Å²) in [5, 5.41) is 3.24. The first-order valence-corrected chi connectivity index (χ1v) is 6.47. The summed E-state index contributed by atoms with van der Waals surface area (Å²) in [4.78, 5) is 11.1. The predicted octanol–water partition coefficient (Wildman–Crippen LogP) is 2.21. The van der Waals surface area contributed by atoms with Crippen LogP contribution in [-0.2, 0) is 6.54 Å². The molecule has 1 aromatic rings. The van der Waals surface area contributed by atoms with Gasteiger partial charge in [0.05, 0.1) is 18.1 Å². The third kappa shape index (κ3) is 3.97. The molecule has 0 amide bonds. The van der Waals surface area contributed by atoms with Gasteiger partial charge in [-0.2, -0.15) is 0 Å². The molecule has 0 unspecified atom stereocenters. The molecule has 0 aromatic carbocycles. The highest BCUT2D eigenvalue weighted by molar-refractivity contribution is 5.35. The summed E-state index contributed by atoms with van der Waals surface area (Å²) in [7, 11) is 2.09. The quantitative estimate of drug-likeness (QED) is 0.788. The molecular weight excluding hydrogens is 212 g/mol. The van der Waals surface area contributed by atoms with Gasteiger partial charge in [-0.25, -0.2) is 4.98 Å². The molecule has 0 saturated carbocycles. The Morgan fingerprint density at radius 3 is 2.35 bits per heavy atom. The van der Waals surface area contributed by atoms with Crippen molar-refractivity contribution in [2.45, 2.75) is 46.2 Å². The van der Waals surface area contributed by atoms with E-state index in [-0.39, 0.29) is 0 Å². The lowest BCUT2D eigenvalue weighted by molar-refractivity contribution is 0.585. The summed E-state index contributed by atoms with van der Waals surface area (Å²) in [6.07, 6.45) is 5.99. The second-order valence-electron chi connectivity index (χ2n) is 4.23. The van der Waals surface area contributed by atoms with Crippen LogP contribution in [0.2, 0.25) is 0 Å². The molecule has 0 radical (unpaired) electrons. The van der Waals surface area contributed by atoms with Crippen LogP contribution in [0.15, 0.2) is 12.4 Å². The minimum atomic E-state index is 0.545. The van der Waals surface area contributed by atoms with Crippen LogP contribution in [0.1, 0.15) is 39.3 Å². The van der Waals surface area contributed by atoms with Crippen molar-refractivity contribution in [2.75, 3.05) is 18.5 Å². The molecule has 4 nitrogen and oxygen atoms in total. The summed E-state index contributed by atoms with van der Waals surface area (Å²) in [6, 6.07) is 0.545. The van der Waals surface area contributed by atoms with Crippen LogP contribution in [0.25, 0.3) is 0 Å². The number of nitrogens with one attached hydrogen (secondary N) is 1. The van der Waals surface area contributed by atoms with Gasteiger partial charge in [0, 0.05) is 19.6 Å². The number of nitrogens with zero attached hydrogens (tertiary/aromatic N) is 3. The summed E-state index contributed by atoms with van der Waals surface area (Å²) in [6.45, 7) is 8.24. The SMILES string of the molecule is CCNCc1cnc(N(C)C(CC)CC)cn1. The van der Waals surface area contributed by atoms with Crippen LogP contribution in [-0.4, -0.2) is 29.6 Å². The van der Waals surface area contributed by atoms with Crippen LogP contribution in [0.3, 0.4) is 0 Å². The molecule has 0 aliphatic rings. The average Bonchev–Trinajstić information content (AvgIpc) is 2.38. The Kier molecular flexibility index (Phi) is 5.91. The summed E-state index contributed by atoms with van der Waals surface area (Å²) < 4.78 is 0. The van der Waals surface area contributed by atoms with Crippen molar-refractivity contribution in [2.24, 2.45) is 0 Å². The molecule has 17 heavy (non-hydrogen) atoms. The Hall–Kier alpha value is -1.16. The van der Waals surface area contributed by atoms with Crippen LogP contribution < -0.4 is 10.2 Å². The third-order valence-corrected chi connectivity index (χ3v) is 3.10. The molecular formula is C13H24N4. The van der Waals surface area contributed by atoms with E-state index in [1.54, 1.807) is 0 Å². The van der Waals surface area contributed by atoms with E-state index in [1.165, 1.54) is 0 Å². The van der Waals surface area contributed by atoms with Crippen LogP contribution in [0.5, 0.6) is 0 Å². The van der Waals surface area contributed by atoms with Gasteiger partial charge in [-0.05, 0) is 19.4 Å². The van der Waals surface area contributed by atoms with Crippen molar-refractivity contribution in [1.82, 2.24) is 15.3 Å². The molecule has 4 heteroatoms. The van der Waals surface area contributed by atoms with Gasteiger partial charge in [0.15, 0.2) is 0 Å². The topological polar surface area (TPSA) is 41.1 Å². The average molecular weight is 236 g/mol. The lowest BCUT2D eigenvalue weighted by Gasteiger charge is -2.26. The largest absolute Gasteiger partial charge is 0.355 e. The first-order chi connectivity index (χ1) is 8.22. The van der Waals surface area contributed by atoms with Gasteiger partial charge in [-0.1, -0.05) is 20.8 Å². The van der Waals surface area contributed by atoms with Crippen molar-refractivity contribution in [3.63, 3.8) is 0 Å². The smallest absolute Gasteiger partial charge is 0.147 e. The number of aromatic nitrogens is 2. The minimum absolute atomic E-state index is 0.545. The van der Waals surface area contributed by atoms with Crippen molar-refractivity contribution in [3.05, 3.63) is 18.1 Å². The first-order valence-electron chi connectivity index (χ1n) is 6.47. The summed E-state index contributed by atoms with van der Waals surface area (Å²) >= 11 is 0. The zero-order valence-corrected chi connectivity index (χ0v) is 11.4. The van der Waals surface area contributed by atoms with Gasteiger partial charge in [0.1, 0.15) is 5.82 Å². The Morgan fingerprint density at radius 2 is 1.88 bits per heavy atom. The van der Waals surface area contributed by atoms with Gasteiger partial charge in [0.2, 0.25) is 0 Å². The lowest BCUT2D eigenvalue weighted by Crippen LogP contribution is -2.31. The van der Waals surface area contributed by atoms with E-state index in [0.717, 1.165) is 37.4 Å². The Balaban J connectivity index is 2.66. The molecule has 1 heterocycles. The Bertz CT molecular complexity index is 306. The molecule has 1 rings (SSSR count). The second kappa shape index (κ2) is 7.22. The molecule has 0 fully saturated rings. The van der Waals surface area contributed by atoms with E-state index >= 15 is 0 Å². The van der Waals surface area contributed by atoms with Gasteiger partial charge in [-0.3, -0.25) is 4.98 Å². The molecule has 0 saturated heterocycles.